The van der Waals surface area contributed by atoms with Crippen molar-refractivity contribution in [3.8, 4) is 11.5 Å². The summed E-state index contributed by atoms with van der Waals surface area (Å²) in [5.41, 5.74) is 2.04. The summed E-state index contributed by atoms with van der Waals surface area (Å²) in [5, 5.41) is 10.8. The molecule has 7 nitrogen and oxygen atoms in total. The zero-order chi connectivity index (χ0) is 18.1. The normalized spacial score (nSPS) is 10.8. The number of nitrogens with one attached hydrogen (secondary N) is 2. The van der Waals surface area contributed by atoms with Crippen LogP contribution in [0.2, 0.25) is 0 Å². The minimum absolute atomic E-state index is 0. The number of aryl methyl sites for hydroxylation is 1. The Balaban J connectivity index is 0.00000338. The molecule has 0 unspecified atom stereocenters. The van der Waals surface area contributed by atoms with E-state index in [1.165, 1.54) is 0 Å². The second kappa shape index (κ2) is 11.6. The second-order valence-corrected chi connectivity index (χ2v) is 5.47. The first-order chi connectivity index (χ1) is 12.2. The van der Waals surface area contributed by atoms with Crippen LogP contribution in [0.15, 0.2) is 35.6 Å². The van der Waals surface area contributed by atoms with Gasteiger partial charge in [-0.15, -0.1) is 24.0 Å². The third-order valence-electron chi connectivity index (χ3n) is 3.43. The highest BCUT2D eigenvalue weighted by molar-refractivity contribution is 14.0. The van der Waals surface area contributed by atoms with E-state index >= 15 is 0 Å². The smallest absolute Gasteiger partial charge is 0.195 e. The van der Waals surface area contributed by atoms with Gasteiger partial charge in [0.25, 0.3) is 0 Å². The second-order valence-electron chi connectivity index (χ2n) is 5.47. The number of benzene rings is 1. The summed E-state index contributed by atoms with van der Waals surface area (Å²) in [4.78, 5) is 4.59. The number of aromatic nitrogens is 2. The summed E-state index contributed by atoms with van der Waals surface area (Å²) in [7, 11) is 1.63. The lowest BCUT2D eigenvalue weighted by atomic mass is 10.2. The van der Waals surface area contributed by atoms with E-state index in [-0.39, 0.29) is 24.0 Å². The Kier molecular flexibility index (Phi) is 9.85. The van der Waals surface area contributed by atoms with E-state index in [1.807, 2.05) is 56.0 Å². The highest BCUT2D eigenvalue weighted by Crippen LogP contribution is 2.30. The van der Waals surface area contributed by atoms with Crippen LogP contribution in [-0.2, 0) is 6.54 Å². The maximum absolute atomic E-state index is 5.61. The fraction of sp³-hybridized carbons (Fsp3) is 0.444. The van der Waals surface area contributed by atoms with Gasteiger partial charge in [0.15, 0.2) is 17.5 Å². The molecule has 2 rings (SSSR count). The highest BCUT2D eigenvalue weighted by atomic mass is 127. The molecule has 2 aromatic rings. The molecule has 1 aromatic heterocycles. The molecule has 0 spiro atoms. The number of ether oxygens (including phenoxy) is 2. The Hall–Kier alpha value is -1.97. The first kappa shape index (κ1) is 22.1. The zero-order valence-electron chi connectivity index (χ0n) is 15.8. The van der Waals surface area contributed by atoms with Crippen molar-refractivity contribution < 1.29 is 9.47 Å². The van der Waals surface area contributed by atoms with E-state index in [0.717, 1.165) is 30.3 Å². The van der Waals surface area contributed by atoms with Crippen molar-refractivity contribution in [1.29, 1.82) is 0 Å². The van der Waals surface area contributed by atoms with Crippen LogP contribution < -0.4 is 20.1 Å². The van der Waals surface area contributed by atoms with Crippen LogP contribution in [0.1, 0.15) is 19.4 Å². The molecule has 0 aliphatic heterocycles. The van der Waals surface area contributed by atoms with Crippen LogP contribution >= 0.6 is 24.0 Å². The summed E-state index contributed by atoms with van der Waals surface area (Å²) in [5.74, 6) is 2.14. The Bertz CT molecular complexity index is 703. The molecule has 0 radical (unpaired) electrons. The third kappa shape index (κ3) is 6.74. The predicted molar refractivity (Wildman–Crippen MR) is 116 cm³/mol. The van der Waals surface area contributed by atoms with Gasteiger partial charge in [-0.25, -0.2) is 0 Å². The van der Waals surface area contributed by atoms with Crippen molar-refractivity contribution in [2.24, 2.45) is 4.99 Å². The van der Waals surface area contributed by atoms with Crippen molar-refractivity contribution in [3.63, 3.8) is 0 Å². The lowest BCUT2D eigenvalue weighted by molar-refractivity contribution is 0.311. The van der Waals surface area contributed by atoms with Gasteiger partial charge in [-0.1, -0.05) is 0 Å². The van der Waals surface area contributed by atoms with E-state index in [0.29, 0.717) is 24.7 Å². The first-order valence-electron chi connectivity index (χ1n) is 8.51. The number of rotatable bonds is 8. The number of halogens is 1. The van der Waals surface area contributed by atoms with E-state index < -0.39 is 0 Å². The molecular weight excluding hydrogens is 445 g/mol. The average molecular weight is 473 g/mol. The van der Waals surface area contributed by atoms with E-state index in [9.17, 15) is 0 Å². The lowest BCUT2D eigenvalue weighted by Gasteiger charge is -2.14. The van der Waals surface area contributed by atoms with Gasteiger partial charge in [0.05, 0.1) is 33.0 Å². The predicted octanol–water partition coefficient (Wildman–Crippen LogP) is 3.29. The number of methoxy groups -OCH3 is 1. The van der Waals surface area contributed by atoms with Gasteiger partial charge in [0, 0.05) is 24.5 Å². The molecule has 0 saturated carbocycles. The van der Waals surface area contributed by atoms with Crippen LogP contribution in [-0.4, -0.2) is 42.5 Å². The van der Waals surface area contributed by atoms with Gasteiger partial charge >= 0.3 is 0 Å². The summed E-state index contributed by atoms with van der Waals surface area (Å²) in [6.45, 7) is 8.73. The van der Waals surface area contributed by atoms with E-state index in [2.05, 4.69) is 20.7 Å². The Morgan fingerprint density at radius 2 is 2.08 bits per heavy atom. The van der Waals surface area contributed by atoms with Crippen molar-refractivity contribution >= 4 is 35.6 Å². The third-order valence-corrected chi connectivity index (χ3v) is 3.43. The number of anilines is 1. The number of guanidine groups is 1. The van der Waals surface area contributed by atoms with Crippen molar-refractivity contribution in [1.82, 2.24) is 15.1 Å². The molecular formula is C18H28IN5O2. The van der Waals surface area contributed by atoms with Crippen LogP contribution in [0.3, 0.4) is 0 Å². The largest absolute Gasteiger partial charge is 0.493 e. The topological polar surface area (TPSA) is 72.7 Å². The van der Waals surface area contributed by atoms with Crippen LogP contribution in [0.25, 0.3) is 0 Å². The monoisotopic (exact) mass is 473 g/mol. The van der Waals surface area contributed by atoms with Crippen LogP contribution in [0.4, 0.5) is 5.69 Å². The first-order valence-corrected chi connectivity index (χ1v) is 8.51. The molecule has 0 fully saturated rings. The summed E-state index contributed by atoms with van der Waals surface area (Å²) in [6, 6.07) is 5.72. The van der Waals surface area contributed by atoms with Gasteiger partial charge in [-0.3, -0.25) is 9.67 Å². The number of hydrogen-bond donors (Lipinski definition) is 2. The van der Waals surface area contributed by atoms with Crippen molar-refractivity contribution in [3.05, 3.63) is 36.2 Å². The molecule has 2 N–H and O–H groups in total. The summed E-state index contributed by atoms with van der Waals surface area (Å²) >= 11 is 0. The molecule has 0 atom stereocenters. The molecule has 1 heterocycles. The molecule has 0 saturated heterocycles. The molecule has 8 heteroatoms. The standard InChI is InChI=1S/C18H27N5O2.HI/c1-5-19-18(20-9-10-23-13-14(3)12-21-23)22-15-7-8-16(24-4)17(11-15)25-6-2;/h7-8,11-13H,5-6,9-10H2,1-4H3,(H2,19,20,22);1H. The zero-order valence-corrected chi connectivity index (χ0v) is 18.1. The number of hydrogen-bond acceptors (Lipinski definition) is 4. The molecule has 0 amide bonds. The molecule has 144 valence electrons. The lowest BCUT2D eigenvalue weighted by Crippen LogP contribution is -2.31. The van der Waals surface area contributed by atoms with E-state index in [4.69, 9.17) is 9.47 Å². The summed E-state index contributed by atoms with van der Waals surface area (Å²) in [6.07, 6.45) is 3.85. The molecule has 0 bridgehead atoms. The summed E-state index contributed by atoms with van der Waals surface area (Å²) < 4.78 is 12.8. The quantitative estimate of drug-likeness (QED) is 0.350. The number of nitrogens with zero attached hydrogens (tertiary/aromatic N) is 3. The Labute approximate surface area is 172 Å². The Morgan fingerprint density at radius 3 is 2.69 bits per heavy atom. The van der Waals surface area contributed by atoms with Gasteiger partial charge in [-0.05, 0) is 38.5 Å². The minimum Gasteiger partial charge on any atom is -0.493 e. The minimum atomic E-state index is 0. The fourth-order valence-electron chi connectivity index (χ4n) is 2.32. The van der Waals surface area contributed by atoms with Crippen molar-refractivity contribution in [2.75, 3.05) is 32.1 Å². The van der Waals surface area contributed by atoms with E-state index in [1.54, 1.807) is 7.11 Å². The maximum atomic E-state index is 5.61. The molecule has 1 aromatic carbocycles. The van der Waals surface area contributed by atoms with Crippen molar-refractivity contribution in [2.45, 2.75) is 27.3 Å². The SMILES string of the molecule is CCNC(=NCCn1cc(C)cn1)Nc1ccc(OC)c(OCC)c1.I. The van der Waals surface area contributed by atoms with Crippen LogP contribution in [0, 0.1) is 6.92 Å². The van der Waals surface area contributed by atoms with Gasteiger partial charge in [0.1, 0.15) is 0 Å². The molecule has 26 heavy (non-hydrogen) atoms. The fourth-order valence-corrected chi connectivity index (χ4v) is 2.32. The molecule has 0 aliphatic carbocycles. The maximum Gasteiger partial charge on any atom is 0.195 e. The Morgan fingerprint density at radius 1 is 1.27 bits per heavy atom. The van der Waals surface area contributed by atoms with Gasteiger partial charge in [-0.2, -0.15) is 5.10 Å². The average Bonchev–Trinajstić information content (AvgIpc) is 3.01. The van der Waals surface area contributed by atoms with Gasteiger partial charge < -0.3 is 20.1 Å². The van der Waals surface area contributed by atoms with Crippen LogP contribution in [0.5, 0.6) is 11.5 Å². The highest BCUT2D eigenvalue weighted by Gasteiger charge is 2.07. The molecule has 0 aliphatic rings. The van der Waals surface area contributed by atoms with Gasteiger partial charge in [0.2, 0.25) is 0 Å². The number of aliphatic imine (C=N–C) groups is 1.